The summed E-state index contributed by atoms with van der Waals surface area (Å²) in [7, 11) is 0. The van der Waals surface area contributed by atoms with Gasteiger partial charge in [0.1, 0.15) is 5.69 Å². The molecule has 2 heterocycles. The van der Waals surface area contributed by atoms with Gasteiger partial charge in [0.25, 0.3) is 5.56 Å². The number of nitrogens with one attached hydrogen (secondary N) is 2. The van der Waals surface area contributed by atoms with Crippen molar-refractivity contribution in [3.8, 4) is 0 Å². The summed E-state index contributed by atoms with van der Waals surface area (Å²) in [5.41, 5.74) is 2.88. The molecule has 150 valence electrons. The lowest BCUT2D eigenvalue weighted by Crippen LogP contribution is -2.49. The van der Waals surface area contributed by atoms with E-state index in [9.17, 15) is 14.4 Å². The largest absolute Gasteiger partial charge is 0.342 e. The standard InChI is InChI=1S/C20H27N5O3/c1-13-4-5-16(14(2)12-13)15(3)24-8-10-25(11-9-24)18(26)7-6-17-19(27)21-20(28)23-22-17/h4-5,12,15H,6-11H2,1-3H3,(H2,21,23,27,28). The number of aromatic amines is 2. The summed E-state index contributed by atoms with van der Waals surface area (Å²) in [6.07, 6.45) is 0.416. The van der Waals surface area contributed by atoms with Crippen molar-refractivity contribution in [3.05, 3.63) is 61.4 Å². The molecular weight excluding hydrogens is 358 g/mol. The van der Waals surface area contributed by atoms with Gasteiger partial charge in [-0.15, -0.1) is 0 Å². The van der Waals surface area contributed by atoms with Crippen LogP contribution in [-0.2, 0) is 11.2 Å². The Kier molecular flexibility index (Phi) is 6.08. The van der Waals surface area contributed by atoms with E-state index in [-0.39, 0.29) is 24.4 Å². The molecule has 1 fully saturated rings. The molecular formula is C20H27N5O3. The van der Waals surface area contributed by atoms with Gasteiger partial charge in [-0.25, -0.2) is 9.89 Å². The highest BCUT2D eigenvalue weighted by molar-refractivity contribution is 5.76. The second kappa shape index (κ2) is 8.52. The van der Waals surface area contributed by atoms with E-state index in [1.54, 1.807) is 0 Å². The minimum atomic E-state index is -0.644. The molecule has 3 rings (SSSR count). The molecule has 1 atom stereocenters. The predicted molar refractivity (Wildman–Crippen MR) is 106 cm³/mol. The zero-order chi connectivity index (χ0) is 20.3. The number of carbonyl (C=O) groups is 1. The SMILES string of the molecule is Cc1ccc(C(C)N2CCN(C(=O)CCc3n[nH]c(=O)[nH]c3=O)CC2)c(C)c1. The fourth-order valence-electron chi connectivity index (χ4n) is 3.77. The summed E-state index contributed by atoms with van der Waals surface area (Å²) < 4.78 is 0. The molecule has 2 N–H and O–H groups in total. The lowest BCUT2D eigenvalue weighted by Gasteiger charge is -2.38. The van der Waals surface area contributed by atoms with Crippen molar-refractivity contribution >= 4 is 5.91 Å². The van der Waals surface area contributed by atoms with Crippen molar-refractivity contribution in [2.75, 3.05) is 26.2 Å². The zero-order valence-electron chi connectivity index (χ0n) is 16.6. The molecule has 1 saturated heterocycles. The fourth-order valence-corrected chi connectivity index (χ4v) is 3.77. The van der Waals surface area contributed by atoms with Crippen molar-refractivity contribution in [3.63, 3.8) is 0 Å². The van der Waals surface area contributed by atoms with E-state index in [0.717, 1.165) is 13.1 Å². The van der Waals surface area contributed by atoms with Crippen molar-refractivity contribution < 1.29 is 4.79 Å². The predicted octanol–water partition coefficient (Wildman–Crippen LogP) is 0.913. The van der Waals surface area contributed by atoms with E-state index < -0.39 is 11.2 Å². The summed E-state index contributed by atoms with van der Waals surface area (Å²) in [6, 6.07) is 6.85. The monoisotopic (exact) mass is 385 g/mol. The van der Waals surface area contributed by atoms with E-state index in [4.69, 9.17) is 0 Å². The topological polar surface area (TPSA) is 102 Å². The van der Waals surface area contributed by atoms with Gasteiger partial charge in [0.15, 0.2) is 0 Å². The first-order valence-corrected chi connectivity index (χ1v) is 9.62. The number of H-pyrrole nitrogens is 2. The molecule has 0 bridgehead atoms. The maximum Gasteiger partial charge on any atom is 0.342 e. The highest BCUT2D eigenvalue weighted by atomic mass is 16.2. The second-order valence-electron chi connectivity index (χ2n) is 7.41. The second-order valence-corrected chi connectivity index (χ2v) is 7.41. The van der Waals surface area contributed by atoms with Crippen LogP contribution in [0.1, 0.15) is 41.8 Å². The Morgan fingerprint density at radius 2 is 1.89 bits per heavy atom. The Morgan fingerprint density at radius 1 is 1.18 bits per heavy atom. The molecule has 0 saturated carbocycles. The first-order valence-electron chi connectivity index (χ1n) is 9.62. The quantitative estimate of drug-likeness (QED) is 0.797. The summed E-state index contributed by atoms with van der Waals surface area (Å²) in [5, 5.41) is 5.91. The fraction of sp³-hybridized carbons (Fsp3) is 0.500. The summed E-state index contributed by atoms with van der Waals surface area (Å²) >= 11 is 0. The van der Waals surface area contributed by atoms with E-state index in [2.05, 4.69) is 59.1 Å². The van der Waals surface area contributed by atoms with Crippen LogP contribution in [0.3, 0.4) is 0 Å². The normalized spacial score (nSPS) is 16.2. The molecule has 2 aromatic rings. The van der Waals surface area contributed by atoms with Crippen LogP contribution >= 0.6 is 0 Å². The number of hydrogen-bond acceptors (Lipinski definition) is 5. The number of hydrogen-bond donors (Lipinski definition) is 2. The molecule has 8 nitrogen and oxygen atoms in total. The number of aryl methyl sites for hydroxylation is 3. The molecule has 0 radical (unpaired) electrons. The molecule has 8 heteroatoms. The first kappa shape index (κ1) is 20.0. The minimum Gasteiger partial charge on any atom is -0.340 e. The van der Waals surface area contributed by atoms with Gasteiger partial charge in [-0.2, -0.15) is 5.10 Å². The average Bonchev–Trinajstić information content (AvgIpc) is 2.67. The molecule has 1 unspecified atom stereocenters. The summed E-state index contributed by atoms with van der Waals surface area (Å²) in [5.74, 6) is 0.00576. The van der Waals surface area contributed by atoms with Gasteiger partial charge in [-0.1, -0.05) is 23.8 Å². The highest BCUT2D eigenvalue weighted by Gasteiger charge is 2.25. The highest BCUT2D eigenvalue weighted by Crippen LogP contribution is 2.25. The average molecular weight is 385 g/mol. The molecule has 1 aromatic heterocycles. The number of rotatable bonds is 5. The Bertz CT molecular complexity index is 957. The van der Waals surface area contributed by atoms with Crippen LogP contribution in [0.15, 0.2) is 27.8 Å². The molecule has 0 aliphatic carbocycles. The Morgan fingerprint density at radius 3 is 2.54 bits per heavy atom. The van der Waals surface area contributed by atoms with Gasteiger partial charge in [0, 0.05) is 45.1 Å². The Hall–Kier alpha value is -2.74. The van der Waals surface area contributed by atoms with Gasteiger partial charge in [0.2, 0.25) is 5.91 Å². The smallest absolute Gasteiger partial charge is 0.340 e. The van der Waals surface area contributed by atoms with Crippen molar-refractivity contribution in [2.24, 2.45) is 0 Å². The maximum atomic E-state index is 12.5. The molecule has 1 aromatic carbocycles. The third kappa shape index (κ3) is 4.56. The van der Waals surface area contributed by atoms with E-state index >= 15 is 0 Å². The van der Waals surface area contributed by atoms with Gasteiger partial charge in [-0.3, -0.25) is 19.5 Å². The first-order chi connectivity index (χ1) is 13.3. The molecule has 1 aliphatic heterocycles. The van der Waals surface area contributed by atoms with Crippen LogP contribution in [0.5, 0.6) is 0 Å². The van der Waals surface area contributed by atoms with Crippen LogP contribution in [0.25, 0.3) is 0 Å². The van der Waals surface area contributed by atoms with Crippen LogP contribution < -0.4 is 11.2 Å². The van der Waals surface area contributed by atoms with Crippen LogP contribution in [0.4, 0.5) is 0 Å². The molecule has 1 aliphatic rings. The summed E-state index contributed by atoms with van der Waals surface area (Å²) in [6.45, 7) is 9.43. The number of carbonyl (C=O) groups excluding carboxylic acids is 1. The molecule has 0 spiro atoms. The van der Waals surface area contributed by atoms with E-state index in [1.807, 2.05) is 4.90 Å². The number of benzene rings is 1. The minimum absolute atomic E-state index is 0.00576. The third-order valence-electron chi connectivity index (χ3n) is 5.45. The lowest BCUT2D eigenvalue weighted by atomic mass is 9.98. The van der Waals surface area contributed by atoms with Gasteiger partial charge >= 0.3 is 5.69 Å². The van der Waals surface area contributed by atoms with E-state index in [0.29, 0.717) is 19.1 Å². The Labute approximate surface area is 163 Å². The number of piperazine rings is 1. The number of aromatic nitrogens is 3. The van der Waals surface area contributed by atoms with Crippen molar-refractivity contribution in [1.29, 1.82) is 0 Å². The van der Waals surface area contributed by atoms with E-state index in [1.165, 1.54) is 16.7 Å². The summed E-state index contributed by atoms with van der Waals surface area (Å²) in [4.78, 5) is 41.5. The number of nitrogens with zero attached hydrogens (tertiary/aromatic N) is 3. The van der Waals surface area contributed by atoms with Gasteiger partial charge in [0.05, 0.1) is 0 Å². The van der Waals surface area contributed by atoms with Gasteiger partial charge < -0.3 is 4.90 Å². The Balaban J connectivity index is 1.53. The van der Waals surface area contributed by atoms with Gasteiger partial charge in [-0.05, 0) is 31.9 Å². The van der Waals surface area contributed by atoms with Crippen LogP contribution in [0.2, 0.25) is 0 Å². The zero-order valence-corrected chi connectivity index (χ0v) is 16.6. The lowest BCUT2D eigenvalue weighted by molar-refractivity contribution is -0.133. The van der Waals surface area contributed by atoms with Crippen molar-refractivity contribution in [2.45, 2.75) is 39.7 Å². The van der Waals surface area contributed by atoms with Crippen LogP contribution in [-0.4, -0.2) is 57.1 Å². The van der Waals surface area contributed by atoms with Crippen molar-refractivity contribution in [1.82, 2.24) is 25.0 Å². The maximum absolute atomic E-state index is 12.5. The molecule has 28 heavy (non-hydrogen) atoms. The number of amides is 1. The molecule has 1 amide bonds. The van der Waals surface area contributed by atoms with Crippen LogP contribution in [0, 0.1) is 13.8 Å². The third-order valence-corrected chi connectivity index (χ3v) is 5.45.